The van der Waals surface area contributed by atoms with Gasteiger partial charge in [-0.05, 0) is 64.4 Å². The molecule has 0 atom stereocenters. The minimum atomic E-state index is -0.484. The number of piperazine rings is 1. The van der Waals surface area contributed by atoms with Gasteiger partial charge in [0.1, 0.15) is 23.6 Å². The first-order chi connectivity index (χ1) is 19.1. The Morgan fingerprint density at radius 2 is 1.82 bits per heavy atom. The van der Waals surface area contributed by atoms with Gasteiger partial charge >= 0.3 is 6.09 Å². The summed E-state index contributed by atoms with van der Waals surface area (Å²) >= 11 is 0. The van der Waals surface area contributed by atoms with E-state index in [1.807, 2.05) is 57.2 Å². The molecule has 1 amide bonds. The Hall–Kier alpha value is -4.25. The Kier molecular flexibility index (Phi) is 7.83. The lowest BCUT2D eigenvalue weighted by molar-refractivity contribution is 0.0139. The Morgan fingerprint density at radius 1 is 1.02 bits per heavy atom. The van der Waals surface area contributed by atoms with Crippen LogP contribution in [0.2, 0.25) is 0 Å². The van der Waals surface area contributed by atoms with Crippen molar-refractivity contribution in [3.8, 4) is 11.3 Å². The first-order valence-corrected chi connectivity index (χ1v) is 13.6. The lowest BCUT2D eigenvalue weighted by atomic mass is 10.1. The van der Waals surface area contributed by atoms with Crippen molar-refractivity contribution in [1.82, 2.24) is 34.7 Å². The zero-order chi connectivity index (χ0) is 28.3. The lowest BCUT2D eigenvalue weighted by Gasteiger charge is -2.35. The molecule has 1 aliphatic rings. The second-order valence-electron chi connectivity index (χ2n) is 11.3. The van der Waals surface area contributed by atoms with Gasteiger partial charge in [0.05, 0.1) is 16.7 Å². The number of aromatic amines is 1. The number of H-pyrrole nitrogens is 1. The SMILES string of the molecule is CC(C)Nc1cc(-c2ccc3nc(Nc4cc(CN5CCN(C(=O)OC(C)(C)C)CC5)ccn4)[nH]c3c2)ncn1. The van der Waals surface area contributed by atoms with Gasteiger partial charge in [-0.25, -0.2) is 24.7 Å². The molecule has 0 radical (unpaired) electrons. The van der Waals surface area contributed by atoms with Crippen LogP contribution in [0.1, 0.15) is 40.2 Å². The predicted molar refractivity (Wildman–Crippen MR) is 156 cm³/mol. The zero-order valence-electron chi connectivity index (χ0n) is 23.7. The van der Waals surface area contributed by atoms with Gasteiger partial charge < -0.3 is 25.3 Å². The molecule has 4 aromatic rings. The average molecular weight is 544 g/mol. The molecule has 0 bridgehead atoms. The van der Waals surface area contributed by atoms with E-state index in [-0.39, 0.29) is 12.1 Å². The number of pyridine rings is 1. The topological polar surface area (TPSA) is 124 Å². The summed E-state index contributed by atoms with van der Waals surface area (Å²) in [5.74, 6) is 2.12. The Morgan fingerprint density at radius 3 is 2.58 bits per heavy atom. The Labute approximate surface area is 234 Å². The first kappa shape index (κ1) is 27.3. The van der Waals surface area contributed by atoms with Crippen LogP contribution in [0, 0.1) is 0 Å². The zero-order valence-corrected chi connectivity index (χ0v) is 23.7. The molecular formula is C29H37N9O2. The molecule has 3 aromatic heterocycles. The van der Waals surface area contributed by atoms with E-state index in [1.165, 1.54) is 0 Å². The third-order valence-corrected chi connectivity index (χ3v) is 6.38. The Balaban J connectivity index is 1.21. The number of benzene rings is 1. The standard InChI is InChI=1S/C29H37N9O2/c1-19(2)33-26-16-23(31-18-32-26)21-6-7-22-24(15-21)35-27(34-22)36-25-14-20(8-9-30-25)17-37-10-12-38(13-11-37)28(39)40-29(3,4)5/h6-9,14-16,18-19H,10-13,17H2,1-5H3,(H,31,32,33)(H2,30,34,35,36). The maximum absolute atomic E-state index is 12.4. The highest BCUT2D eigenvalue weighted by atomic mass is 16.6. The first-order valence-electron chi connectivity index (χ1n) is 13.6. The number of amides is 1. The smallest absolute Gasteiger partial charge is 0.410 e. The normalized spacial score (nSPS) is 14.5. The highest BCUT2D eigenvalue weighted by molar-refractivity contribution is 5.83. The van der Waals surface area contributed by atoms with E-state index >= 15 is 0 Å². The molecule has 11 heteroatoms. The molecule has 0 aliphatic carbocycles. The lowest BCUT2D eigenvalue weighted by Crippen LogP contribution is -2.49. The second kappa shape index (κ2) is 11.5. The van der Waals surface area contributed by atoms with Crippen molar-refractivity contribution in [3.05, 3.63) is 54.5 Å². The van der Waals surface area contributed by atoms with Crippen molar-refractivity contribution in [2.24, 2.45) is 0 Å². The number of nitrogens with zero attached hydrogens (tertiary/aromatic N) is 6. The molecule has 3 N–H and O–H groups in total. The van der Waals surface area contributed by atoms with Crippen molar-refractivity contribution in [1.29, 1.82) is 0 Å². The van der Waals surface area contributed by atoms with Crippen LogP contribution in [0.15, 0.2) is 48.9 Å². The van der Waals surface area contributed by atoms with Crippen LogP contribution in [0.4, 0.5) is 22.4 Å². The van der Waals surface area contributed by atoms with Crippen LogP contribution in [-0.4, -0.2) is 78.6 Å². The Bertz CT molecular complexity index is 1470. The van der Waals surface area contributed by atoms with Crippen molar-refractivity contribution in [3.63, 3.8) is 0 Å². The fourth-order valence-corrected chi connectivity index (χ4v) is 4.55. The quantitative estimate of drug-likeness (QED) is 0.294. The van der Waals surface area contributed by atoms with Crippen molar-refractivity contribution >= 4 is 34.7 Å². The van der Waals surface area contributed by atoms with E-state index in [1.54, 1.807) is 17.4 Å². The maximum Gasteiger partial charge on any atom is 0.410 e. The average Bonchev–Trinajstić information content (AvgIpc) is 3.29. The van der Waals surface area contributed by atoms with Crippen LogP contribution < -0.4 is 10.6 Å². The third kappa shape index (κ3) is 7.03. The van der Waals surface area contributed by atoms with E-state index < -0.39 is 5.60 Å². The molecule has 1 aromatic carbocycles. The number of carbonyl (C=O) groups excluding carboxylic acids is 1. The van der Waals surface area contributed by atoms with E-state index in [2.05, 4.69) is 54.3 Å². The highest BCUT2D eigenvalue weighted by Gasteiger charge is 2.25. The largest absolute Gasteiger partial charge is 0.444 e. The third-order valence-electron chi connectivity index (χ3n) is 6.38. The number of rotatable bonds is 7. The number of hydrogen-bond donors (Lipinski definition) is 3. The van der Waals surface area contributed by atoms with Gasteiger partial charge in [0, 0.05) is 56.6 Å². The fourth-order valence-electron chi connectivity index (χ4n) is 4.55. The van der Waals surface area contributed by atoms with Crippen LogP contribution in [0.5, 0.6) is 0 Å². The van der Waals surface area contributed by atoms with Gasteiger partial charge in [-0.1, -0.05) is 6.07 Å². The molecule has 1 aliphatic heterocycles. The van der Waals surface area contributed by atoms with Crippen LogP contribution in [0.25, 0.3) is 22.3 Å². The minimum Gasteiger partial charge on any atom is -0.444 e. The number of carbonyl (C=O) groups is 1. The summed E-state index contributed by atoms with van der Waals surface area (Å²) in [4.78, 5) is 37.7. The second-order valence-corrected chi connectivity index (χ2v) is 11.3. The molecule has 5 rings (SSSR count). The van der Waals surface area contributed by atoms with Gasteiger partial charge in [-0.2, -0.15) is 0 Å². The molecule has 0 spiro atoms. The summed E-state index contributed by atoms with van der Waals surface area (Å²) in [5.41, 5.74) is 4.21. The maximum atomic E-state index is 12.4. The van der Waals surface area contributed by atoms with Gasteiger partial charge in [-0.15, -0.1) is 0 Å². The van der Waals surface area contributed by atoms with Crippen molar-refractivity contribution < 1.29 is 9.53 Å². The molecule has 1 fully saturated rings. The van der Waals surface area contributed by atoms with Crippen LogP contribution in [0.3, 0.4) is 0 Å². The van der Waals surface area contributed by atoms with Crippen molar-refractivity contribution in [2.45, 2.75) is 52.8 Å². The highest BCUT2D eigenvalue weighted by Crippen LogP contribution is 2.25. The number of fused-ring (bicyclic) bond motifs is 1. The van der Waals surface area contributed by atoms with E-state index in [4.69, 9.17) is 4.74 Å². The van der Waals surface area contributed by atoms with Gasteiger partial charge in [0.25, 0.3) is 0 Å². The monoisotopic (exact) mass is 543 g/mol. The summed E-state index contributed by atoms with van der Waals surface area (Å²) in [6, 6.07) is 12.3. The molecular weight excluding hydrogens is 506 g/mol. The van der Waals surface area contributed by atoms with Gasteiger partial charge in [0.2, 0.25) is 5.95 Å². The van der Waals surface area contributed by atoms with Crippen molar-refractivity contribution in [2.75, 3.05) is 36.8 Å². The number of ether oxygens (including phenoxy) is 1. The number of anilines is 3. The molecule has 40 heavy (non-hydrogen) atoms. The number of nitrogens with one attached hydrogen (secondary N) is 3. The summed E-state index contributed by atoms with van der Waals surface area (Å²) in [7, 11) is 0. The van der Waals surface area contributed by atoms with Gasteiger partial charge in [0.15, 0.2) is 0 Å². The fraction of sp³-hybridized carbons (Fsp3) is 0.414. The summed E-state index contributed by atoms with van der Waals surface area (Å²) in [6.45, 7) is 13.5. The molecule has 11 nitrogen and oxygen atoms in total. The summed E-state index contributed by atoms with van der Waals surface area (Å²) < 4.78 is 5.51. The van der Waals surface area contributed by atoms with E-state index in [0.717, 1.165) is 53.3 Å². The molecule has 210 valence electrons. The molecule has 0 saturated carbocycles. The number of hydrogen-bond acceptors (Lipinski definition) is 9. The van der Waals surface area contributed by atoms with Gasteiger partial charge in [-0.3, -0.25) is 4.90 Å². The molecule has 0 unspecified atom stereocenters. The number of aromatic nitrogens is 5. The molecule has 4 heterocycles. The summed E-state index contributed by atoms with van der Waals surface area (Å²) in [6.07, 6.45) is 3.13. The number of imidazole rings is 1. The van der Waals surface area contributed by atoms with E-state index in [0.29, 0.717) is 24.9 Å². The predicted octanol–water partition coefficient (Wildman–Crippen LogP) is 5.03. The molecule has 1 saturated heterocycles. The minimum absolute atomic E-state index is 0.245. The summed E-state index contributed by atoms with van der Waals surface area (Å²) in [5, 5.41) is 6.62. The van der Waals surface area contributed by atoms with Crippen LogP contribution >= 0.6 is 0 Å². The van der Waals surface area contributed by atoms with Crippen LogP contribution in [-0.2, 0) is 11.3 Å². The van der Waals surface area contributed by atoms with E-state index in [9.17, 15) is 4.79 Å².